The van der Waals surface area contributed by atoms with Gasteiger partial charge in [-0.15, -0.1) is 0 Å². The van der Waals surface area contributed by atoms with Gasteiger partial charge in [-0.1, -0.05) is 30.3 Å². The Hall–Kier alpha value is -2.14. The van der Waals surface area contributed by atoms with Crippen LogP contribution in [0.3, 0.4) is 0 Å². The van der Waals surface area contributed by atoms with Crippen molar-refractivity contribution in [3.63, 3.8) is 0 Å². The minimum Gasteiger partial charge on any atom is -0.375 e. The van der Waals surface area contributed by atoms with E-state index < -0.39 is 0 Å². The number of amides is 1. The molecule has 1 aromatic carbocycles. The Morgan fingerprint density at radius 3 is 2.88 bits per heavy atom. The van der Waals surface area contributed by atoms with Crippen molar-refractivity contribution in [1.29, 1.82) is 0 Å². The zero-order valence-electron chi connectivity index (χ0n) is 14.3. The summed E-state index contributed by atoms with van der Waals surface area (Å²) in [5.41, 5.74) is 0.922. The minimum absolute atomic E-state index is 0.0583. The number of aromatic nitrogens is 2. The molecule has 0 radical (unpaired) electrons. The van der Waals surface area contributed by atoms with Crippen molar-refractivity contribution in [3.8, 4) is 0 Å². The normalized spacial score (nSPS) is 21.2. The number of aromatic amines is 1. The van der Waals surface area contributed by atoms with Gasteiger partial charge >= 0.3 is 0 Å². The molecule has 2 heterocycles. The smallest absolute Gasteiger partial charge is 0.221 e. The van der Waals surface area contributed by atoms with Gasteiger partial charge in [-0.25, -0.2) is 4.98 Å². The van der Waals surface area contributed by atoms with Gasteiger partial charge in [-0.2, -0.15) is 0 Å². The van der Waals surface area contributed by atoms with Crippen LogP contribution in [0, 0.1) is 0 Å². The van der Waals surface area contributed by atoms with Crippen LogP contribution in [0.15, 0.2) is 42.7 Å². The first-order valence-electron chi connectivity index (χ1n) is 8.51. The van der Waals surface area contributed by atoms with E-state index in [1.807, 2.05) is 30.3 Å². The monoisotopic (exact) mass is 327 g/mol. The Morgan fingerprint density at radius 1 is 1.42 bits per heavy atom. The molecule has 1 fully saturated rings. The zero-order valence-corrected chi connectivity index (χ0v) is 14.3. The number of hydrogen-bond acceptors (Lipinski definition) is 3. The van der Waals surface area contributed by atoms with Crippen LogP contribution in [-0.4, -0.2) is 34.1 Å². The van der Waals surface area contributed by atoms with Gasteiger partial charge in [0.1, 0.15) is 5.82 Å². The lowest BCUT2D eigenvalue weighted by Gasteiger charge is -2.36. The fourth-order valence-electron chi connectivity index (χ4n) is 3.35. The number of H-pyrrole nitrogens is 1. The maximum Gasteiger partial charge on any atom is 0.221 e. The van der Waals surface area contributed by atoms with Crippen molar-refractivity contribution in [2.24, 2.45) is 0 Å². The molecule has 24 heavy (non-hydrogen) atoms. The van der Waals surface area contributed by atoms with Crippen LogP contribution in [-0.2, 0) is 9.53 Å². The predicted molar refractivity (Wildman–Crippen MR) is 92.7 cm³/mol. The molecule has 5 nitrogen and oxygen atoms in total. The molecule has 3 rings (SSSR count). The van der Waals surface area contributed by atoms with Crippen molar-refractivity contribution in [3.05, 3.63) is 54.1 Å². The van der Waals surface area contributed by atoms with Crippen LogP contribution >= 0.6 is 0 Å². The molecular weight excluding hydrogens is 302 g/mol. The Morgan fingerprint density at radius 2 is 2.21 bits per heavy atom. The average molecular weight is 327 g/mol. The van der Waals surface area contributed by atoms with E-state index in [0.717, 1.165) is 24.2 Å². The lowest BCUT2D eigenvalue weighted by molar-refractivity contribution is -0.124. The number of rotatable bonds is 5. The molecule has 5 heteroatoms. The molecule has 0 aliphatic carbocycles. The highest BCUT2D eigenvalue weighted by atomic mass is 16.5. The average Bonchev–Trinajstić information content (AvgIpc) is 3.06. The number of nitrogens with zero attached hydrogens (tertiary/aromatic N) is 1. The molecule has 1 saturated heterocycles. The van der Waals surface area contributed by atoms with Gasteiger partial charge in [0.15, 0.2) is 0 Å². The van der Waals surface area contributed by atoms with E-state index in [2.05, 4.69) is 29.1 Å². The number of carbonyl (C=O) groups is 1. The first-order chi connectivity index (χ1) is 11.5. The molecule has 2 N–H and O–H groups in total. The van der Waals surface area contributed by atoms with Gasteiger partial charge in [0.2, 0.25) is 5.91 Å². The van der Waals surface area contributed by atoms with Crippen LogP contribution in [0.1, 0.15) is 50.4 Å². The molecule has 1 aromatic heterocycles. The summed E-state index contributed by atoms with van der Waals surface area (Å²) in [6.07, 6.45) is 5.62. The van der Waals surface area contributed by atoms with Gasteiger partial charge < -0.3 is 15.0 Å². The molecule has 0 spiro atoms. The number of benzene rings is 1. The highest BCUT2D eigenvalue weighted by Gasteiger charge is 2.30. The number of ether oxygens (including phenoxy) is 1. The van der Waals surface area contributed by atoms with Crippen LogP contribution in [0.5, 0.6) is 0 Å². The summed E-state index contributed by atoms with van der Waals surface area (Å²) in [5.74, 6) is 0.820. The molecule has 2 aromatic rings. The maximum atomic E-state index is 12.6. The fourth-order valence-corrected chi connectivity index (χ4v) is 3.35. The Kier molecular flexibility index (Phi) is 5.00. The fraction of sp³-hybridized carbons (Fsp3) is 0.474. The van der Waals surface area contributed by atoms with Gasteiger partial charge in [0, 0.05) is 31.5 Å². The lowest BCUT2D eigenvalue weighted by atomic mass is 9.92. The largest absolute Gasteiger partial charge is 0.375 e. The first kappa shape index (κ1) is 16.7. The number of nitrogens with one attached hydrogen (secondary N) is 2. The van der Waals surface area contributed by atoms with Crippen molar-refractivity contribution in [2.45, 2.75) is 50.7 Å². The standard InChI is InChI=1S/C19H25N3O2/c1-19(2)13-15(8-11-24-19)22-17(23)12-16(18-20-9-10-21-18)14-6-4-3-5-7-14/h3-7,9-10,15-16H,8,11-13H2,1-2H3,(H,20,21)(H,22,23)/t15-,16-/m1/s1. The van der Waals surface area contributed by atoms with Crippen molar-refractivity contribution < 1.29 is 9.53 Å². The van der Waals surface area contributed by atoms with Crippen LogP contribution in [0.4, 0.5) is 0 Å². The van der Waals surface area contributed by atoms with Gasteiger partial charge in [0.05, 0.1) is 11.5 Å². The number of carbonyl (C=O) groups excluding carboxylic acids is 1. The number of imidazole rings is 1. The molecule has 1 aliphatic rings. The van der Waals surface area contributed by atoms with Crippen molar-refractivity contribution in [2.75, 3.05) is 6.61 Å². The topological polar surface area (TPSA) is 67.0 Å². The van der Waals surface area contributed by atoms with Crippen LogP contribution in [0.2, 0.25) is 0 Å². The van der Waals surface area contributed by atoms with E-state index in [9.17, 15) is 4.79 Å². The highest BCUT2D eigenvalue weighted by Crippen LogP contribution is 2.27. The summed E-state index contributed by atoms with van der Waals surface area (Å²) >= 11 is 0. The van der Waals surface area contributed by atoms with E-state index >= 15 is 0 Å². The Bertz CT molecular complexity index is 653. The minimum atomic E-state index is -0.171. The molecular formula is C19H25N3O2. The Labute approximate surface area is 142 Å². The van der Waals surface area contributed by atoms with Crippen molar-refractivity contribution >= 4 is 5.91 Å². The molecule has 0 unspecified atom stereocenters. The summed E-state index contributed by atoms with van der Waals surface area (Å²) in [4.78, 5) is 20.1. The molecule has 1 amide bonds. The summed E-state index contributed by atoms with van der Waals surface area (Å²) in [6, 6.07) is 10.2. The molecule has 2 atom stereocenters. The summed E-state index contributed by atoms with van der Waals surface area (Å²) < 4.78 is 5.72. The second-order valence-electron chi connectivity index (χ2n) is 7.01. The lowest BCUT2D eigenvalue weighted by Crippen LogP contribution is -2.46. The summed E-state index contributed by atoms with van der Waals surface area (Å²) in [5, 5.41) is 3.18. The molecule has 0 bridgehead atoms. The van der Waals surface area contributed by atoms with E-state index in [1.165, 1.54) is 0 Å². The first-order valence-corrected chi connectivity index (χ1v) is 8.51. The summed E-state index contributed by atoms with van der Waals surface area (Å²) in [6.45, 7) is 4.83. The highest BCUT2D eigenvalue weighted by molar-refractivity contribution is 5.77. The predicted octanol–water partition coefficient (Wildman–Crippen LogP) is 3.01. The van der Waals surface area contributed by atoms with Crippen molar-refractivity contribution in [1.82, 2.24) is 15.3 Å². The van der Waals surface area contributed by atoms with E-state index in [0.29, 0.717) is 13.0 Å². The van der Waals surface area contributed by atoms with Crippen LogP contribution in [0.25, 0.3) is 0 Å². The third-order valence-electron chi connectivity index (χ3n) is 4.50. The second-order valence-corrected chi connectivity index (χ2v) is 7.01. The second kappa shape index (κ2) is 7.18. The van der Waals surface area contributed by atoms with E-state index in [1.54, 1.807) is 12.4 Å². The maximum absolute atomic E-state index is 12.6. The third kappa shape index (κ3) is 4.23. The number of hydrogen-bond donors (Lipinski definition) is 2. The SMILES string of the molecule is CC1(C)C[C@H](NC(=O)C[C@H](c2ccccc2)c2ncc[nH]2)CCO1. The zero-order chi connectivity index (χ0) is 17.0. The third-order valence-corrected chi connectivity index (χ3v) is 4.50. The quantitative estimate of drug-likeness (QED) is 0.887. The Balaban J connectivity index is 1.68. The molecule has 0 saturated carbocycles. The molecule has 1 aliphatic heterocycles. The van der Waals surface area contributed by atoms with Crippen LogP contribution < -0.4 is 5.32 Å². The van der Waals surface area contributed by atoms with E-state index in [-0.39, 0.29) is 23.5 Å². The summed E-state index contributed by atoms with van der Waals surface area (Å²) in [7, 11) is 0. The van der Waals surface area contributed by atoms with Gasteiger partial charge in [-0.05, 0) is 32.3 Å². The van der Waals surface area contributed by atoms with Gasteiger partial charge in [0.25, 0.3) is 0 Å². The van der Waals surface area contributed by atoms with Gasteiger partial charge in [-0.3, -0.25) is 4.79 Å². The molecule has 128 valence electrons. The van der Waals surface area contributed by atoms with E-state index in [4.69, 9.17) is 4.74 Å².